The first kappa shape index (κ1) is 29.8. The Kier molecular flexibility index (Phi) is 6.99. The van der Waals surface area contributed by atoms with Crippen LogP contribution in [0.4, 0.5) is 22.0 Å². The zero-order valence-corrected chi connectivity index (χ0v) is 24.2. The van der Waals surface area contributed by atoms with Crippen LogP contribution in [-0.2, 0) is 22.1 Å². The topological polar surface area (TPSA) is 105 Å². The van der Waals surface area contributed by atoms with E-state index in [1.807, 2.05) is 0 Å². The predicted molar refractivity (Wildman–Crippen MR) is 145 cm³/mol. The van der Waals surface area contributed by atoms with Gasteiger partial charge >= 0.3 is 18.4 Å². The van der Waals surface area contributed by atoms with Gasteiger partial charge in [-0.15, -0.1) is 8.78 Å². The molecule has 45 heavy (non-hydrogen) atoms. The first-order chi connectivity index (χ1) is 21.3. The molecule has 1 unspecified atom stereocenters. The molecule has 2 bridgehead atoms. The van der Waals surface area contributed by atoms with Crippen molar-refractivity contribution in [1.29, 1.82) is 0 Å². The zero-order chi connectivity index (χ0) is 31.7. The van der Waals surface area contributed by atoms with Crippen LogP contribution in [0.2, 0.25) is 0 Å². The fraction of sp³-hybridized carbons (Fsp3) is 0.516. The van der Waals surface area contributed by atoms with Gasteiger partial charge in [-0.05, 0) is 81.9 Å². The molecule has 5 aliphatic rings. The maximum absolute atomic E-state index is 14.3. The molecule has 1 aromatic carbocycles. The standard InChI is InChI=1S/C31H30F5N3O6/c1-16(18-5-6-22-24(12-18)45-31(35,36)44-22)42-20-13-19(14-37-15-20)39-26-21(27(38-39)30(32,33)34)3-2-4-23(26)43-25-11-17-7-9-29(25,10-8-17)28(40)41/h5-6,12-17,23,25H,2-4,7-11H2,1H3,(H,40,41)/t16-,17?,23+,25?,29?/m0/s1. The van der Waals surface area contributed by atoms with E-state index in [4.69, 9.17) is 9.47 Å². The molecule has 0 spiro atoms. The van der Waals surface area contributed by atoms with Crippen molar-refractivity contribution >= 4 is 5.97 Å². The van der Waals surface area contributed by atoms with Gasteiger partial charge in [-0.2, -0.15) is 18.3 Å². The Bertz CT molecular complexity index is 1630. The van der Waals surface area contributed by atoms with Gasteiger partial charge in [0.1, 0.15) is 18.0 Å². The van der Waals surface area contributed by atoms with Crippen molar-refractivity contribution in [2.24, 2.45) is 11.3 Å². The monoisotopic (exact) mass is 635 g/mol. The number of rotatable bonds is 7. The lowest BCUT2D eigenvalue weighted by atomic mass is 9.59. The van der Waals surface area contributed by atoms with Crippen molar-refractivity contribution in [3.8, 4) is 22.9 Å². The van der Waals surface area contributed by atoms with Gasteiger partial charge in [-0.1, -0.05) is 6.07 Å². The SMILES string of the molecule is C[C@H](Oc1cncc(-n2nc(C(F)(F)F)c3c2[C@H](OC2CC4CCC2(C(=O)O)CC4)CCC3)c1)c1ccc2c(c1)OC(F)(F)O2. The van der Waals surface area contributed by atoms with Crippen LogP contribution in [0.1, 0.15) is 86.6 Å². The Morgan fingerprint density at radius 2 is 1.87 bits per heavy atom. The van der Waals surface area contributed by atoms with E-state index in [1.165, 1.54) is 41.3 Å². The molecule has 0 radical (unpaired) electrons. The van der Waals surface area contributed by atoms with Crippen LogP contribution in [-0.4, -0.2) is 38.2 Å². The fourth-order valence-electron chi connectivity index (χ4n) is 7.29. The van der Waals surface area contributed by atoms with Crippen LogP contribution in [0.25, 0.3) is 5.69 Å². The van der Waals surface area contributed by atoms with Gasteiger partial charge in [0.2, 0.25) is 0 Å². The zero-order valence-electron chi connectivity index (χ0n) is 24.2. The lowest BCUT2D eigenvalue weighted by molar-refractivity contribution is -0.286. The molecule has 3 atom stereocenters. The second kappa shape index (κ2) is 10.6. The van der Waals surface area contributed by atoms with Crippen LogP contribution in [0.5, 0.6) is 17.2 Å². The number of aliphatic carboxylic acids is 1. The number of halogens is 5. The minimum Gasteiger partial charge on any atom is -0.484 e. The molecule has 2 aromatic heterocycles. The average Bonchev–Trinajstić information content (AvgIpc) is 3.54. The quantitative estimate of drug-likeness (QED) is 0.273. The highest BCUT2D eigenvalue weighted by atomic mass is 19.4. The van der Waals surface area contributed by atoms with Crippen molar-refractivity contribution < 1.29 is 50.8 Å². The number of carbonyl (C=O) groups is 1. The van der Waals surface area contributed by atoms with Crippen molar-refractivity contribution in [2.45, 2.75) is 89.1 Å². The van der Waals surface area contributed by atoms with Crippen LogP contribution in [0, 0.1) is 11.3 Å². The van der Waals surface area contributed by atoms with Crippen molar-refractivity contribution in [2.75, 3.05) is 0 Å². The van der Waals surface area contributed by atoms with Gasteiger partial charge in [0.05, 0.1) is 35.3 Å². The number of aromatic nitrogens is 3. The Hall–Kier alpha value is -3.94. The highest BCUT2D eigenvalue weighted by molar-refractivity contribution is 5.76. The second-order valence-corrected chi connectivity index (χ2v) is 12.3. The van der Waals surface area contributed by atoms with Crippen LogP contribution >= 0.6 is 0 Å². The van der Waals surface area contributed by atoms with Gasteiger partial charge in [0, 0.05) is 11.6 Å². The van der Waals surface area contributed by atoms with E-state index < -0.39 is 47.9 Å². The molecular formula is C31H30F5N3O6. The highest BCUT2D eigenvalue weighted by Gasteiger charge is 2.55. The third-order valence-electron chi connectivity index (χ3n) is 9.56. The Labute approximate surface area is 254 Å². The number of alkyl halides is 5. The predicted octanol–water partition coefficient (Wildman–Crippen LogP) is 7.18. The van der Waals surface area contributed by atoms with Gasteiger partial charge < -0.3 is 24.1 Å². The summed E-state index contributed by atoms with van der Waals surface area (Å²) in [5.74, 6) is -0.662. The van der Waals surface area contributed by atoms with Crippen LogP contribution in [0.15, 0.2) is 36.7 Å². The number of nitrogens with zero attached hydrogens (tertiary/aromatic N) is 3. The summed E-state index contributed by atoms with van der Waals surface area (Å²) in [5.41, 5.74) is -1.12. The van der Waals surface area contributed by atoms with Crippen LogP contribution < -0.4 is 14.2 Å². The molecule has 3 saturated carbocycles. The van der Waals surface area contributed by atoms with Gasteiger partial charge in [0.25, 0.3) is 0 Å². The number of benzene rings is 1. The summed E-state index contributed by atoms with van der Waals surface area (Å²) in [7, 11) is 0. The minimum absolute atomic E-state index is 0.0287. The van der Waals surface area contributed by atoms with Crippen molar-refractivity contribution in [1.82, 2.24) is 14.8 Å². The third-order valence-corrected chi connectivity index (χ3v) is 9.56. The Balaban J connectivity index is 1.20. The number of pyridine rings is 1. The lowest BCUT2D eigenvalue weighted by Gasteiger charge is -2.50. The molecule has 1 N–H and O–H groups in total. The summed E-state index contributed by atoms with van der Waals surface area (Å²) in [4.78, 5) is 16.6. The second-order valence-electron chi connectivity index (χ2n) is 12.3. The maximum atomic E-state index is 14.3. The minimum atomic E-state index is -4.73. The molecule has 3 fully saturated rings. The maximum Gasteiger partial charge on any atom is 0.586 e. The van der Waals surface area contributed by atoms with E-state index in [1.54, 1.807) is 6.92 Å². The first-order valence-corrected chi connectivity index (χ1v) is 14.9. The summed E-state index contributed by atoms with van der Waals surface area (Å²) >= 11 is 0. The van der Waals surface area contributed by atoms with Gasteiger partial charge in [-0.25, -0.2) is 4.68 Å². The largest absolute Gasteiger partial charge is 0.586 e. The molecule has 8 rings (SSSR count). The molecule has 1 aliphatic heterocycles. The Morgan fingerprint density at radius 3 is 2.60 bits per heavy atom. The van der Waals surface area contributed by atoms with E-state index in [2.05, 4.69) is 19.6 Å². The molecule has 3 heterocycles. The number of carboxylic acid groups (broad SMARTS) is 1. The normalized spacial score (nSPS) is 27.2. The van der Waals surface area contributed by atoms with Crippen molar-refractivity contribution in [3.63, 3.8) is 0 Å². The number of carboxylic acids is 1. The van der Waals surface area contributed by atoms with E-state index in [0.717, 1.165) is 12.8 Å². The first-order valence-electron chi connectivity index (χ1n) is 14.9. The number of ether oxygens (including phenoxy) is 4. The summed E-state index contributed by atoms with van der Waals surface area (Å²) < 4.78 is 92.4. The highest BCUT2D eigenvalue weighted by Crippen LogP contribution is 2.54. The molecule has 0 amide bonds. The molecule has 0 saturated heterocycles. The lowest BCUT2D eigenvalue weighted by Crippen LogP contribution is -2.52. The molecule has 4 aliphatic carbocycles. The Morgan fingerprint density at radius 1 is 1.11 bits per heavy atom. The fourth-order valence-corrected chi connectivity index (χ4v) is 7.29. The van der Waals surface area contributed by atoms with Crippen LogP contribution in [0.3, 0.4) is 0 Å². The summed E-state index contributed by atoms with van der Waals surface area (Å²) in [5, 5.41) is 14.2. The van der Waals surface area contributed by atoms with Gasteiger partial charge in [0.15, 0.2) is 17.2 Å². The molecule has 9 nitrogen and oxygen atoms in total. The average molecular weight is 636 g/mol. The molecule has 240 valence electrons. The smallest absolute Gasteiger partial charge is 0.484 e. The number of hydrogen-bond donors (Lipinski definition) is 1. The summed E-state index contributed by atoms with van der Waals surface area (Å²) in [6.07, 6.45) is -3.75. The van der Waals surface area contributed by atoms with Gasteiger partial charge in [-0.3, -0.25) is 9.78 Å². The summed E-state index contributed by atoms with van der Waals surface area (Å²) in [6.45, 7) is 1.67. The van der Waals surface area contributed by atoms with E-state index in [-0.39, 0.29) is 40.6 Å². The molecule has 14 heteroatoms. The van der Waals surface area contributed by atoms with Crippen molar-refractivity contribution in [3.05, 3.63) is 59.2 Å². The van der Waals surface area contributed by atoms with E-state index in [0.29, 0.717) is 43.6 Å². The molecular weight excluding hydrogens is 605 g/mol. The number of fused-ring (bicyclic) bond motifs is 5. The molecule has 3 aromatic rings. The van der Waals surface area contributed by atoms with E-state index in [9.17, 15) is 31.9 Å². The number of hydrogen-bond acceptors (Lipinski definition) is 7. The summed E-state index contributed by atoms with van der Waals surface area (Å²) in [6, 6.07) is 5.73. The third kappa shape index (κ3) is 5.26. The van der Waals surface area contributed by atoms with E-state index >= 15 is 0 Å².